The summed E-state index contributed by atoms with van der Waals surface area (Å²) < 4.78 is 5.64. The molecular formula is C14H20N4OS. The summed E-state index contributed by atoms with van der Waals surface area (Å²) in [6.45, 7) is 4.80. The maximum Gasteiger partial charge on any atom is 0.315 e. The molecule has 0 aliphatic heterocycles. The van der Waals surface area contributed by atoms with Gasteiger partial charge in [0.25, 0.3) is 0 Å². The van der Waals surface area contributed by atoms with Crippen LogP contribution in [0.15, 0.2) is 15.9 Å². The molecule has 0 fully saturated rings. The van der Waals surface area contributed by atoms with Crippen molar-refractivity contribution in [1.82, 2.24) is 15.5 Å². The molecule has 2 heterocycles. The van der Waals surface area contributed by atoms with Crippen molar-refractivity contribution in [2.24, 2.45) is 0 Å². The molecule has 1 aliphatic rings. The third-order valence-electron chi connectivity index (χ3n) is 3.48. The summed E-state index contributed by atoms with van der Waals surface area (Å²) in [5.41, 5.74) is 1.39. The van der Waals surface area contributed by atoms with E-state index in [1.807, 2.05) is 11.3 Å². The van der Waals surface area contributed by atoms with Crippen molar-refractivity contribution in [3.05, 3.63) is 27.8 Å². The smallest absolute Gasteiger partial charge is 0.315 e. The van der Waals surface area contributed by atoms with Gasteiger partial charge in [0.2, 0.25) is 5.89 Å². The minimum absolute atomic E-state index is 0.302. The maximum atomic E-state index is 5.64. The molecule has 3 rings (SSSR count). The lowest BCUT2D eigenvalue weighted by atomic mass is 9.94. The Labute approximate surface area is 122 Å². The highest BCUT2D eigenvalue weighted by atomic mass is 32.1. The van der Waals surface area contributed by atoms with Crippen LogP contribution >= 0.6 is 11.3 Å². The molecule has 2 aromatic rings. The summed E-state index contributed by atoms with van der Waals surface area (Å²) in [6.07, 6.45) is 3.52. The van der Waals surface area contributed by atoms with Gasteiger partial charge in [-0.1, -0.05) is 18.9 Å². The van der Waals surface area contributed by atoms with E-state index < -0.39 is 0 Å². The van der Waals surface area contributed by atoms with Crippen molar-refractivity contribution in [3.8, 4) is 0 Å². The van der Waals surface area contributed by atoms with Crippen LogP contribution in [0.25, 0.3) is 0 Å². The molecule has 0 aromatic carbocycles. The fourth-order valence-corrected chi connectivity index (χ4v) is 3.45. The molecule has 0 saturated carbocycles. The zero-order valence-electron chi connectivity index (χ0n) is 11.8. The summed E-state index contributed by atoms with van der Waals surface area (Å²) in [4.78, 5) is 1.48. The number of nitrogens with one attached hydrogen (secondary N) is 2. The summed E-state index contributed by atoms with van der Waals surface area (Å²) >= 11 is 1.84. The number of aryl methyl sites for hydroxylation is 1. The van der Waals surface area contributed by atoms with Crippen LogP contribution in [0.1, 0.15) is 49.1 Å². The van der Waals surface area contributed by atoms with E-state index in [9.17, 15) is 0 Å². The zero-order valence-corrected chi connectivity index (χ0v) is 12.7. The Kier molecular flexibility index (Phi) is 4.03. The Balaban J connectivity index is 1.64. The predicted octanol–water partition coefficient (Wildman–Crippen LogP) is 3.12. The summed E-state index contributed by atoms with van der Waals surface area (Å²) in [5.74, 6) is 0.627. The maximum absolute atomic E-state index is 5.64. The normalized spacial score (nSPS) is 18.2. The highest BCUT2D eigenvalue weighted by Crippen LogP contribution is 2.35. The van der Waals surface area contributed by atoms with E-state index in [0.717, 1.165) is 6.42 Å². The van der Waals surface area contributed by atoms with E-state index in [1.165, 1.54) is 23.3 Å². The van der Waals surface area contributed by atoms with E-state index in [0.29, 0.717) is 30.5 Å². The quantitative estimate of drug-likeness (QED) is 0.886. The van der Waals surface area contributed by atoms with Gasteiger partial charge in [-0.2, -0.15) is 0 Å². The molecule has 2 N–H and O–H groups in total. The van der Waals surface area contributed by atoms with Gasteiger partial charge in [-0.05, 0) is 36.3 Å². The summed E-state index contributed by atoms with van der Waals surface area (Å²) in [7, 11) is 0. The average molecular weight is 292 g/mol. The van der Waals surface area contributed by atoms with Gasteiger partial charge in [0.05, 0.1) is 12.6 Å². The zero-order chi connectivity index (χ0) is 13.9. The summed E-state index contributed by atoms with van der Waals surface area (Å²) in [6, 6.07) is 3.44. The topological polar surface area (TPSA) is 63.0 Å². The standard InChI is InChI=1S/C14H20N4OS/c1-9(2)15-8-13-17-18-14(19-13)16-11-4-3-5-12-10(11)6-7-20-12/h6-7,9,11,15H,3-5,8H2,1-2H3,(H,16,18). The first-order chi connectivity index (χ1) is 9.72. The molecule has 1 unspecified atom stereocenters. The molecular weight excluding hydrogens is 272 g/mol. The second kappa shape index (κ2) is 5.93. The van der Waals surface area contributed by atoms with Crippen LogP contribution in [0.5, 0.6) is 0 Å². The van der Waals surface area contributed by atoms with E-state index in [1.54, 1.807) is 0 Å². The van der Waals surface area contributed by atoms with Crippen molar-refractivity contribution in [3.63, 3.8) is 0 Å². The average Bonchev–Trinajstić information content (AvgIpc) is 3.05. The van der Waals surface area contributed by atoms with Gasteiger partial charge in [0, 0.05) is 10.9 Å². The van der Waals surface area contributed by atoms with Crippen LogP contribution in [-0.4, -0.2) is 16.2 Å². The van der Waals surface area contributed by atoms with Gasteiger partial charge in [-0.3, -0.25) is 0 Å². The molecule has 0 spiro atoms. The van der Waals surface area contributed by atoms with Crippen LogP contribution in [-0.2, 0) is 13.0 Å². The third kappa shape index (κ3) is 3.02. The molecule has 5 nitrogen and oxygen atoms in total. The first-order valence-electron chi connectivity index (χ1n) is 7.11. The van der Waals surface area contributed by atoms with Crippen LogP contribution in [0, 0.1) is 0 Å². The second-order valence-corrected chi connectivity index (χ2v) is 6.43. The van der Waals surface area contributed by atoms with E-state index in [2.05, 4.69) is 46.1 Å². The molecule has 1 aliphatic carbocycles. The Morgan fingerprint density at radius 3 is 3.20 bits per heavy atom. The number of anilines is 1. The molecule has 6 heteroatoms. The first kappa shape index (κ1) is 13.6. The van der Waals surface area contributed by atoms with Gasteiger partial charge in [0.1, 0.15) is 0 Å². The molecule has 2 aromatic heterocycles. The fourth-order valence-electron chi connectivity index (χ4n) is 2.46. The highest BCUT2D eigenvalue weighted by molar-refractivity contribution is 7.10. The van der Waals surface area contributed by atoms with Crippen LogP contribution in [0.2, 0.25) is 0 Å². The number of nitrogens with zero attached hydrogens (tertiary/aromatic N) is 2. The fraction of sp³-hybridized carbons (Fsp3) is 0.571. The van der Waals surface area contributed by atoms with E-state index in [4.69, 9.17) is 4.42 Å². The van der Waals surface area contributed by atoms with Crippen LogP contribution < -0.4 is 10.6 Å². The number of rotatable bonds is 5. The predicted molar refractivity (Wildman–Crippen MR) is 79.9 cm³/mol. The number of fused-ring (bicyclic) bond motifs is 1. The minimum atomic E-state index is 0.302. The number of hydrogen-bond acceptors (Lipinski definition) is 6. The Morgan fingerprint density at radius 1 is 1.45 bits per heavy atom. The van der Waals surface area contributed by atoms with Gasteiger partial charge >= 0.3 is 6.01 Å². The first-order valence-corrected chi connectivity index (χ1v) is 7.99. The Morgan fingerprint density at radius 2 is 2.35 bits per heavy atom. The molecule has 0 saturated heterocycles. The SMILES string of the molecule is CC(C)NCc1nnc(NC2CCCc3sccc32)o1. The second-order valence-electron chi connectivity index (χ2n) is 5.42. The molecule has 108 valence electrons. The molecule has 0 amide bonds. The lowest BCUT2D eigenvalue weighted by Crippen LogP contribution is -2.21. The number of aromatic nitrogens is 2. The van der Waals surface area contributed by atoms with Gasteiger partial charge in [0.15, 0.2) is 0 Å². The van der Waals surface area contributed by atoms with E-state index in [-0.39, 0.29) is 0 Å². The third-order valence-corrected chi connectivity index (χ3v) is 4.47. The molecule has 0 radical (unpaired) electrons. The van der Waals surface area contributed by atoms with Crippen molar-refractivity contribution in [2.75, 3.05) is 5.32 Å². The van der Waals surface area contributed by atoms with Gasteiger partial charge in [-0.15, -0.1) is 16.4 Å². The molecule has 1 atom stereocenters. The lowest BCUT2D eigenvalue weighted by Gasteiger charge is -2.22. The van der Waals surface area contributed by atoms with Crippen molar-refractivity contribution in [2.45, 2.75) is 51.7 Å². The Bertz CT molecular complexity index is 563. The summed E-state index contributed by atoms with van der Waals surface area (Å²) in [5, 5.41) is 16.9. The highest BCUT2D eigenvalue weighted by Gasteiger charge is 2.22. The van der Waals surface area contributed by atoms with Crippen LogP contribution in [0.4, 0.5) is 6.01 Å². The van der Waals surface area contributed by atoms with Crippen molar-refractivity contribution in [1.29, 1.82) is 0 Å². The number of hydrogen-bond donors (Lipinski definition) is 2. The Hall–Kier alpha value is -1.40. The lowest BCUT2D eigenvalue weighted by molar-refractivity contribution is 0.452. The van der Waals surface area contributed by atoms with Crippen molar-refractivity contribution >= 4 is 17.4 Å². The van der Waals surface area contributed by atoms with Gasteiger partial charge in [-0.25, -0.2) is 0 Å². The minimum Gasteiger partial charge on any atom is -0.407 e. The van der Waals surface area contributed by atoms with Crippen molar-refractivity contribution < 1.29 is 4.42 Å². The monoisotopic (exact) mass is 292 g/mol. The molecule has 20 heavy (non-hydrogen) atoms. The van der Waals surface area contributed by atoms with Crippen LogP contribution in [0.3, 0.4) is 0 Å². The molecule has 0 bridgehead atoms. The van der Waals surface area contributed by atoms with E-state index >= 15 is 0 Å². The largest absolute Gasteiger partial charge is 0.407 e. The number of thiophene rings is 1. The van der Waals surface area contributed by atoms with Gasteiger partial charge < -0.3 is 15.1 Å².